The maximum atomic E-state index is 13.2. The third-order valence-electron chi connectivity index (χ3n) is 5.25. The Hall–Kier alpha value is -2.19. The van der Waals surface area contributed by atoms with Crippen LogP contribution in [0.15, 0.2) is 40.1 Å². The van der Waals surface area contributed by atoms with E-state index in [9.17, 15) is 8.42 Å². The Morgan fingerprint density at radius 1 is 1.29 bits per heavy atom. The molecule has 7 nitrogen and oxygen atoms in total. The minimum atomic E-state index is -3.56. The molecule has 0 saturated carbocycles. The molecule has 150 valence electrons. The van der Waals surface area contributed by atoms with E-state index in [0.717, 1.165) is 29.5 Å². The van der Waals surface area contributed by atoms with E-state index >= 15 is 0 Å². The number of rotatable bonds is 4. The van der Waals surface area contributed by atoms with Gasteiger partial charge in [0.05, 0.1) is 18.2 Å². The van der Waals surface area contributed by atoms with Gasteiger partial charge in [0.25, 0.3) is 0 Å². The van der Waals surface area contributed by atoms with Crippen molar-refractivity contribution >= 4 is 21.1 Å². The van der Waals surface area contributed by atoms with Gasteiger partial charge < -0.3 is 4.42 Å². The number of furan rings is 1. The molecule has 0 radical (unpaired) electrons. The second kappa shape index (κ2) is 7.00. The highest BCUT2D eigenvalue weighted by atomic mass is 32.2. The molecule has 1 saturated heterocycles. The lowest BCUT2D eigenvalue weighted by Crippen LogP contribution is -2.38. The number of pyridine rings is 1. The van der Waals surface area contributed by atoms with Crippen LogP contribution in [0.3, 0.4) is 0 Å². The lowest BCUT2D eigenvalue weighted by atomic mass is 9.91. The van der Waals surface area contributed by atoms with Crippen molar-refractivity contribution in [2.45, 2.75) is 50.8 Å². The summed E-state index contributed by atoms with van der Waals surface area (Å²) in [6.07, 6.45) is 7.09. The van der Waals surface area contributed by atoms with Gasteiger partial charge in [-0.15, -0.1) is 0 Å². The Morgan fingerprint density at radius 2 is 2.04 bits per heavy atom. The number of H-pyrrole nitrogens is 1. The summed E-state index contributed by atoms with van der Waals surface area (Å²) in [5, 5.41) is 6.89. The van der Waals surface area contributed by atoms with Crippen LogP contribution in [0.4, 0.5) is 0 Å². The SMILES string of the molecule is CC(C)(C)Cc1[nH]ncc1S(=O)(=O)N1CCC(c2coc3cccnc23)CC1. The fourth-order valence-corrected chi connectivity index (χ4v) is 5.49. The molecule has 4 heterocycles. The van der Waals surface area contributed by atoms with E-state index in [-0.39, 0.29) is 11.3 Å². The first kappa shape index (κ1) is 19.1. The van der Waals surface area contributed by atoms with E-state index in [1.54, 1.807) is 16.8 Å². The van der Waals surface area contributed by atoms with Gasteiger partial charge in [0, 0.05) is 24.8 Å². The summed E-state index contributed by atoms with van der Waals surface area (Å²) in [5.41, 5.74) is 3.38. The number of hydrogen-bond acceptors (Lipinski definition) is 5. The van der Waals surface area contributed by atoms with Gasteiger partial charge in [0.2, 0.25) is 10.0 Å². The summed E-state index contributed by atoms with van der Waals surface area (Å²) < 4.78 is 33.6. The van der Waals surface area contributed by atoms with Crippen molar-refractivity contribution in [1.29, 1.82) is 0 Å². The Morgan fingerprint density at radius 3 is 2.75 bits per heavy atom. The third kappa shape index (κ3) is 3.58. The zero-order valence-electron chi connectivity index (χ0n) is 16.5. The largest absolute Gasteiger partial charge is 0.462 e. The van der Waals surface area contributed by atoms with Crippen LogP contribution in [-0.4, -0.2) is 41.0 Å². The van der Waals surface area contributed by atoms with Gasteiger partial charge in [-0.25, -0.2) is 8.42 Å². The number of nitrogens with zero attached hydrogens (tertiary/aromatic N) is 3. The van der Waals surface area contributed by atoms with E-state index in [1.807, 2.05) is 12.1 Å². The standard InChI is InChI=1S/C20H26N4O3S/c1-20(2,3)11-16-18(12-22-23-16)28(25,26)24-9-6-14(7-10-24)15-13-27-17-5-4-8-21-19(15)17/h4-5,8,12-14H,6-7,9-11H2,1-3H3,(H,22,23). The van der Waals surface area contributed by atoms with Crippen LogP contribution >= 0.6 is 0 Å². The predicted molar refractivity (Wildman–Crippen MR) is 106 cm³/mol. The summed E-state index contributed by atoms with van der Waals surface area (Å²) in [7, 11) is -3.56. The molecule has 0 atom stereocenters. The summed E-state index contributed by atoms with van der Waals surface area (Å²) >= 11 is 0. The molecule has 0 amide bonds. The fraction of sp³-hybridized carbons (Fsp3) is 0.500. The van der Waals surface area contributed by atoms with Crippen molar-refractivity contribution in [2.75, 3.05) is 13.1 Å². The molecule has 0 spiro atoms. The molecule has 3 aromatic rings. The van der Waals surface area contributed by atoms with Crippen molar-refractivity contribution in [1.82, 2.24) is 19.5 Å². The molecule has 1 aliphatic rings. The summed E-state index contributed by atoms with van der Waals surface area (Å²) in [4.78, 5) is 4.73. The molecule has 1 aliphatic heterocycles. The van der Waals surface area contributed by atoms with Crippen molar-refractivity contribution in [2.24, 2.45) is 5.41 Å². The molecule has 0 bridgehead atoms. The van der Waals surface area contributed by atoms with Gasteiger partial charge in [-0.3, -0.25) is 10.1 Å². The first-order valence-corrected chi connectivity index (χ1v) is 11.0. The van der Waals surface area contributed by atoms with Crippen LogP contribution in [0.1, 0.15) is 50.8 Å². The summed E-state index contributed by atoms with van der Waals surface area (Å²) in [5.74, 6) is 0.251. The Labute approximate surface area is 165 Å². The number of aromatic amines is 1. The number of piperidine rings is 1. The van der Waals surface area contributed by atoms with Crippen LogP contribution in [0.2, 0.25) is 0 Å². The quantitative estimate of drug-likeness (QED) is 0.718. The zero-order valence-corrected chi connectivity index (χ0v) is 17.3. The van der Waals surface area contributed by atoms with Crippen LogP contribution in [0, 0.1) is 5.41 Å². The molecule has 4 rings (SSSR count). The second-order valence-corrected chi connectivity index (χ2v) is 10.6. The van der Waals surface area contributed by atoms with Gasteiger partial charge in [0.15, 0.2) is 5.58 Å². The molecule has 28 heavy (non-hydrogen) atoms. The van der Waals surface area contributed by atoms with Gasteiger partial charge in [-0.1, -0.05) is 20.8 Å². The number of nitrogens with one attached hydrogen (secondary N) is 1. The van der Waals surface area contributed by atoms with Crippen LogP contribution in [-0.2, 0) is 16.4 Å². The maximum Gasteiger partial charge on any atom is 0.246 e. The predicted octanol–water partition coefficient (Wildman–Crippen LogP) is 3.71. The highest BCUT2D eigenvalue weighted by Crippen LogP contribution is 2.35. The van der Waals surface area contributed by atoms with Crippen LogP contribution in [0.5, 0.6) is 0 Å². The summed E-state index contributed by atoms with van der Waals surface area (Å²) in [6.45, 7) is 7.20. The van der Waals surface area contributed by atoms with Crippen molar-refractivity contribution in [3.8, 4) is 0 Å². The Bertz CT molecular complexity index is 1070. The maximum absolute atomic E-state index is 13.2. The number of hydrogen-bond donors (Lipinski definition) is 1. The highest BCUT2D eigenvalue weighted by Gasteiger charge is 2.34. The van der Waals surface area contributed by atoms with E-state index in [2.05, 4.69) is 36.0 Å². The van der Waals surface area contributed by atoms with E-state index in [4.69, 9.17) is 4.42 Å². The van der Waals surface area contributed by atoms with Crippen molar-refractivity contribution in [3.63, 3.8) is 0 Å². The molecule has 0 aromatic carbocycles. The molecule has 8 heteroatoms. The van der Waals surface area contributed by atoms with E-state index in [1.165, 1.54) is 6.20 Å². The normalized spacial score (nSPS) is 17.4. The average Bonchev–Trinajstić information content (AvgIpc) is 3.27. The van der Waals surface area contributed by atoms with E-state index < -0.39 is 10.0 Å². The van der Waals surface area contributed by atoms with Gasteiger partial charge >= 0.3 is 0 Å². The van der Waals surface area contributed by atoms with Gasteiger partial charge in [-0.05, 0) is 42.7 Å². The monoisotopic (exact) mass is 402 g/mol. The smallest absolute Gasteiger partial charge is 0.246 e. The Kier molecular flexibility index (Phi) is 4.79. The molecule has 1 fully saturated rings. The third-order valence-corrected chi connectivity index (χ3v) is 7.21. The Balaban J connectivity index is 1.51. The van der Waals surface area contributed by atoms with Crippen molar-refractivity contribution < 1.29 is 12.8 Å². The first-order chi connectivity index (χ1) is 13.3. The second-order valence-electron chi connectivity index (χ2n) is 8.67. The number of fused-ring (bicyclic) bond motifs is 1. The number of aromatic nitrogens is 3. The minimum absolute atomic E-state index is 0.0286. The molecule has 3 aromatic heterocycles. The topological polar surface area (TPSA) is 92.1 Å². The molecule has 1 N–H and O–H groups in total. The van der Waals surface area contributed by atoms with Crippen molar-refractivity contribution in [3.05, 3.63) is 42.0 Å². The van der Waals surface area contributed by atoms with Gasteiger partial charge in [0.1, 0.15) is 10.4 Å². The molecular weight excluding hydrogens is 376 g/mol. The summed E-state index contributed by atoms with van der Waals surface area (Å²) in [6, 6.07) is 3.76. The van der Waals surface area contributed by atoms with E-state index in [0.29, 0.717) is 30.1 Å². The minimum Gasteiger partial charge on any atom is -0.462 e. The molecular formula is C20H26N4O3S. The lowest BCUT2D eigenvalue weighted by Gasteiger charge is -2.31. The highest BCUT2D eigenvalue weighted by molar-refractivity contribution is 7.89. The van der Waals surface area contributed by atoms with Gasteiger partial charge in [-0.2, -0.15) is 9.40 Å². The zero-order chi connectivity index (χ0) is 19.9. The molecule has 0 unspecified atom stereocenters. The molecule has 0 aliphatic carbocycles. The fourth-order valence-electron chi connectivity index (χ4n) is 3.90. The average molecular weight is 403 g/mol. The lowest BCUT2D eigenvalue weighted by molar-refractivity contribution is 0.318. The van der Waals surface area contributed by atoms with Crippen LogP contribution < -0.4 is 0 Å². The van der Waals surface area contributed by atoms with Crippen LogP contribution in [0.25, 0.3) is 11.1 Å². The number of sulfonamides is 1. The first-order valence-electron chi connectivity index (χ1n) is 9.60.